The number of benzene rings is 2. The van der Waals surface area contributed by atoms with Gasteiger partial charge in [-0.25, -0.2) is 17.2 Å². The fraction of sp³-hybridized carbons (Fsp3) is 0.273. The molecule has 1 saturated heterocycles. The molecule has 2 aromatic carbocycles. The average molecular weight is 476 g/mol. The van der Waals surface area contributed by atoms with Crippen molar-refractivity contribution in [2.24, 2.45) is 4.99 Å². The smallest absolute Gasteiger partial charge is 0.266 e. The summed E-state index contributed by atoms with van der Waals surface area (Å²) in [4.78, 5) is 17.3. The first-order chi connectivity index (χ1) is 15.2. The van der Waals surface area contributed by atoms with Crippen molar-refractivity contribution in [3.05, 3.63) is 58.4 Å². The Morgan fingerprint density at radius 3 is 2.69 bits per heavy atom. The van der Waals surface area contributed by atoms with Gasteiger partial charge in [0.15, 0.2) is 10.6 Å². The number of terminal acetylenes is 1. The van der Waals surface area contributed by atoms with Crippen LogP contribution in [0.5, 0.6) is 0 Å². The molecular formula is C22H19F2N3O3S2. The van der Waals surface area contributed by atoms with E-state index < -0.39 is 33.6 Å². The molecule has 0 N–H and O–H groups in total. The van der Waals surface area contributed by atoms with Crippen molar-refractivity contribution in [1.82, 2.24) is 8.87 Å². The molecule has 0 saturated carbocycles. The highest BCUT2D eigenvalue weighted by atomic mass is 32.2. The third-order valence-corrected chi connectivity index (χ3v) is 8.21. The molecule has 0 bridgehead atoms. The van der Waals surface area contributed by atoms with E-state index in [1.165, 1.54) is 16.7 Å². The van der Waals surface area contributed by atoms with Crippen LogP contribution in [-0.2, 0) is 21.4 Å². The number of aryl methyl sites for hydroxylation is 1. The summed E-state index contributed by atoms with van der Waals surface area (Å²) in [5, 5.41) is 0. The van der Waals surface area contributed by atoms with Crippen LogP contribution in [0.4, 0.5) is 8.78 Å². The number of nitrogens with zero attached hydrogens (tertiary/aromatic N) is 3. The standard InChI is InChI=1S/C22H19F2N3O3S2/c1-3-10-26-20-17(24)12-15(23)13-19(20)31-22(26)25-21(28)18-5-4-11-27(18)32(29,30)16-8-6-14(2)7-9-16/h1,6-9,12-13,18H,4-5,10-11H2,2H3. The predicted octanol–water partition coefficient (Wildman–Crippen LogP) is 3.20. The van der Waals surface area contributed by atoms with Gasteiger partial charge in [-0.2, -0.15) is 9.30 Å². The van der Waals surface area contributed by atoms with Crippen LogP contribution in [0, 0.1) is 30.9 Å². The van der Waals surface area contributed by atoms with Crippen LogP contribution in [0.15, 0.2) is 46.3 Å². The molecule has 1 atom stereocenters. The number of amides is 1. The maximum absolute atomic E-state index is 14.4. The fourth-order valence-electron chi connectivity index (χ4n) is 3.74. The highest BCUT2D eigenvalue weighted by Gasteiger charge is 2.39. The van der Waals surface area contributed by atoms with E-state index in [2.05, 4.69) is 10.9 Å². The van der Waals surface area contributed by atoms with Gasteiger partial charge in [-0.15, -0.1) is 6.42 Å². The Balaban J connectivity index is 1.75. The van der Waals surface area contributed by atoms with Gasteiger partial charge in [0.1, 0.15) is 11.9 Å². The summed E-state index contributed by atoms with van der Waals surface area (Å²) in [6, 6.07) is 7.30. The molecule has 1 aliphatic heterocycles. The van der Waals surface area contributed by atoms with E-state index in [1.807, 2.05) is 6.92 Å². The van der Waals surface area contributed by atoms with Crippen LogP contribution >= 0.6 is 11.3 Å². The molecule has 0 aliphatic carbocycles. The maximum Gasteiger partial charge on any atom is 0.266 e. The number of carbonyl (C=O) groups excluding carboxylic acids is 1. The number of rotatable bonds is 4. The van der Waals surface area contributed by atoms with E-state index in [0.29, 0.717) is 12.8 Å². The van der Waals surface area contributed by atoms with Crippen molar-refractivity contribution >= 4 is 37.5 Å². The highest BCUT2D eigenvalue weighted by Crippen LogP contribution is 2.27. The molecule has 1 fully saturated rings. The highest BCUT2D eigenvalue weighted by molar-refractivity contribution is 7.89. The second kappa shape index (κ2) is 8.58. The second-order valence-corrected chi connectivity index (χ2v) is 10.3. The first kappa shape index (κ1) is 22.3. The third-order valence-electron chi connectivity index (χ3n) is 5.27. The fourth-order valence-corrected chi connectivity index (χ4v) is 6.47. The maximum atomic E-state index is 14.4. The van der Waals surface area contributed by atoms with Gasteiger partial charge in [-0.05, 0) is 38.0 Å². The van der Waals surface area contributed by atoms with Crippen LogP contribution in [-0.4, -0.2) is 35.8 Å². The monoisotopic (exact) mass is 475 g/mol. The molecule has 10 heteroatoms. The zero-order chi connectivity index (χ0) is 23.0. The lowest BCUT2D eigenvalue weighted by Crippen LogP contribution is -2.40. The molecule has 2 heterocycles. The first-order valence-electron chi connectivity index (χ1n) is 9.81. The van der Waals surface area contributed by atoms with Gasteiger partial charge in [0, 0.05) is 12.6 Å². The van der Waals surface area contributed by atoms with Gasteiger partial charge < -0.3 is 4.57 Å². The van der Waals surface area contributed by atoms with Gasteiger partial charge in [-0.3, -0.25) is 4.79 Å². The van der Waals surface area contributed by atoms with Gasteiger partial charge >= 0.3 is 0 Å². The van der Waals surface area contributed by atoms with E-state index >= 15 is 0 Å². The van der Waals surface area contributed by atoms with Crippen LogP contribution in [0.1, 0.15) is 18.4 Å². The van der Waals surface area contributed by atoms with Crippen LogP contribution in [0.25, 0.3) is 10.2 Å². The lowest BCUT2D eigenvalue weighted by molar-refractivity contribution is -0.121. The molecule has 0 spiro atoms. The Bertz CT molecular complexity index is 1420. The number of aromatic nitrogens is 1. The SMILES string of the molecule is C#CCn1c(=NC(=O)C2CCCN2S(=O)(=O)c2ccc(C)cc2)sc2cc(F)cc(F)c21. The lowest BCUT2D eigenvalue weighted by atomic mass is 10.2. The Hall–Kier alpha value is -2.87. The molecule has 6 nitrogen and oxygen atoms in total. The zero-order valence-electron chi connectivity index (χ0n) is 17.1. The molecule has 166 valence electrons. The largest absolute Gasteiger partial charge is 0.302 e. The number of hydrogen-bond acceptors (Lipinski definition) is 4. The minimum Gasteiger partial charge on any atom is -0.302 e. The van der Waals surface area contributed by atoms with Gasteiger partial charge in [0.2, 0.25) is 10.0 Å². The van der Waals surface area contributed by atoms with E-state index in [9.17, 15) is 22.0 Å². The van der Waals surface area contributed by atoms with Crippen molar-refractivity contribution in [3.8, 4) is 12.3 Å². The normalized spacial score (nSPS) is 17.7. The van der Waals surface area contributed by atoms with Crippen molar-refractivity contribution in [1.29, 1.82) is 0 Å². The minimum atomic E-state index is -3.89. The summed E-state index contributed by atoms with van der Waals surface area (Å²) in [6.45, 7) is 1.96. The Morgan fingerprint density at radius 2 is 2.00 bits per heavy atom. The van der Waals surface area contributed by atoms with Crippen LogP contribution < -0.4 is 4.80 Å². The topological polar surface area (TPSA) is 71.7 Å². The lowest BCUT2D eigenvalue weighted by Gasteiger charge is -2.21. The molecule has 1 amide bonds. The van der Waals surface area contributed by atoms with E-state index in [4.69, 9.17) is 6.42 Å². The summed E-state index contributed by atoms with van der Waals surface area (Å²) in [7, 11) is -3.89. The summed E-state index contributed by atoms with van der Waals surface area (Å²) < 4.78 is 57.0. The van der Waals surface area contributed by atoms with Crippen molar-refractivity contribution in [2.45, 2.75) is 37.2 Å². The molecule has 4 rings (SSSR count). The van der Waals surface area contributed by atoms with Crippen molar-refractivity contribution < 1.29 is 22.0 Å². The van der Waals surface area contributed by atoms with Gasteiger partial charge in [-0.1, -0.05) is 35.0 Å². The van der Waals surface area contributed by atoms with E-state index in [-0.39, 0.29) is 33.0 Å². The quantitative estimate of drug-likeness (QED) is 0.544. The molecule has 0 radical (unpaired) electrons. The molecule has 32 heavy (non-hydrogen) atoms. The van der Waals surface area contributed by atoms with Gasteiger partial charge in [0.05, 0.1) is 21.7 Å². The number of thiazole rings is 1. The zero-order valence-corrected chi connectivity index (χ0v) is 18.7. The van der Waals surface area contributed by atoms with Crippen molar-refractivity contribution in [3.63, 3.8) is 0 Å². The molecule has 1 aromatic heterocycles. The molecule has 1 unspecified atom stereocenters. The number of hydrogen-bond donors (Lipinski definition) is 0. The van der Waals surface area contributed by atoms with Crippen LogP contribution in [0.3, 0.4) is 0 Å². The number of sulfonamides is 1. The summed E-state index contributed by atoms with van der Waals surface area (Å²) in [6.07, 6.45) is 6.21. The summed E-state index contributed by atoms with van der Waals surface area (Å²) in [5.74, 6) is 0.137. The Labute approximate surface area is 187 Å². The van der Waals surface area contributed by atoms with Gasteiger partial charge in [0.25, 0.3) is 5.91 Å². The average Bonchev–Trinajstić information content (AvgIpc) is 3.35. The van der Waals surface area contributed by atoms with Crippen LogP contribution in [0.2, 0.25) is 0 Å². The Kier molecular flexibility index (Phi) is 5.99. The predicted molar refractivity (Wildman–Crippen MR) is 117 cm³/mol. The third kappa shape index (κ3) is 3.99. The second-order valence-electron chi connectivity index (χ2n) is 7.45. The van der Waals surface area contributed by atoms with Crippen molar-refractivity contribution in [2.75, 3.05) is 6.54 Å². The van der Waals surface area contributed by atoms with E-state index in [0.717, 1.165) is 33.3 Å². The molecular weight excluding hydrogens is 456 g/mol. The van der Waals surface area contributed by atoms with E-state index in [1.54, 1.807) is 12.1 Å². The minimum absolute atomic E-state index is 0.0523. The molecule has 3 aromatic rings. The number of fused-ring (bicyclic) bond motifs is 1. The number of halogens is 2. The summed E-state index contributed by atoms with van der Waals surface area (Å²) in [5.41, 5.74) is 0.968. The Morgan fingerprint density at radius 1 is 1.28 bits per heavy atom. The molecule has 1 aliphatic rings. The first-order valence-corrected chi connectivity index (χ1v) is 12.1. The summed E-state index contributed by atoms with van der Waals surface area (Å²) >= 11 is 0.918. The number of carbonyl (C=O) groups is 1.